The second kappa shape index (κ2) is 6.79. The van der Waals surface area contributed by atoms with Crippen molar-refractivity contribution in [3.05, 3.63) is 53.4 Å². The van der Waals surface area contributed by atoms with Crippen molar-refractivity contribution in [3.63, 3.8) is 0 Å². The summed E-state index contributed by atoms with van der Waals surface area (Å²) < 4.78 is 20.5. The molecule has 4 heterocycles. The maximum atomic E-state index is 13.3. The van der Waals surface area contributed by atoms with Gasteiger partial charge in [-0.05, 0) is 48.6 Å². The lowest BCUT2D eigenvalue weighted by molar-refractivity contribution is 0.0754. The molecule has 0 bridgehead atoms. The molecule has 3 aromatic rings. The van der Waals surface area contributed by atoms with Gasteiger partial charge in [0.15, 0.2) is 5.82 Å². The Labute approximate surface area is 165 Å². The fraction of sp³-hybridized carbons (Fsp3) is 0.350. The molecule has 28 heavy (non-hydrogen) atoms. The standard InChI is InChI=1S/C20H19FN4O2S/c21-14-3-5-15(6-4-14)25-18(16-2-1-11-28-16)22-17(23-25)19(26)24-9-7-20(12-24)8-10-27-13-20/h1-6,11H,7-10,12-13H2. The third-order valence-electron chi connectivity index (χ3n) is 5.52. The van der Waals surface area contributed by atoms with Crippen LogP contribution in [0, 0.1) is 11.2 Å². The summed E-state index contributed by atoms with van der Waals surface area (Å²) in [7, 11) is 0. The smallest absolute Gasteiger partial charge is 0.293 e. The molecule has 0 radical (unpaired) electrons. The number of benzene rings is 1. The van der Waals surface area contributed by atoms with Crippen LogP contribution in [0.1, 0.15) is 23.5 Å². The third-order valence-corrected chi connectivity index (χ3v) is 6.39. The normalized spacial score (nSPS) is 21.7. The van der Waals surface area contributed by atoms with Gasteiger partial charge in [-0.3, -0.25) is 4.79 Å². The predicted octanol–water partition coefficient (Wildman–Crippen LogP) is 3.39. The van der Waals surface area contributed by atoms with E-state index in [1.807, 2.05) is 22.4 Å². The highest BCUT2D eigenvalue weighted by atomic mass is 32.1. The van der Waals surface area contributed by atoms with E-state index in [2.05, 4.69) is 10.1 Å². The van der Waals surface area contributed by atoms with E-state index < -0.39 is 0 Å². The van der Waals surface area contributed by atoms with Crippen LogP contribution < -0.4 is 0 Å². The number of carbonyl (C=O) groups is 1. The molecule has 1 spiro atoms. The van der Waals surface area contributed by atoms with Crippen molar-refractivity contribution >= 4 is 17.2 Å². The second-order valence-corrected chi connectivity index (χ2v) is 8.35. The minimum atomic E-state index is -0.320. The van der Waals surface area contributed by atoms with Crippen molar-refractivity contribution in [2.24, 2.45) is 5.41 Å². The number of ether oxygens (including phenoxy) is 1. The Morgan fingerprint density at radius 2 is 2.07 bits per heavy atom. The number of nitrogens with zero attached hydrogens (tertiary/aromatic N) is 4. The van der Waals surface area contributed by atoms with Gasteiger partial charge in [0.05, 0.1) is 17.2 Å². The van der Waals surface area contributed by atoms with Gasteiger partial charge in [0.1, 0.15) is 5.82 Å². The number of carbonyl (C=O) groups excluding carboxylic acids is 1. The largest absolute Gasteiger partial charge is 0.381 e. The first-order valence-corrected chi connectivity index (χ1v) is 10.2. The van der Waals surface area contributed by atoms with Crippen molar-refractivity contribution in [3.8, 4) is 16.4 Å². The maximum absolute atomic E-state index is 13.3. The summed E-state index contributed by atoms with van der Waals surface area (Å²) in [5, 5.41) is 6.44. The summed E-state index contributed by atoms with van der Waals surface area (Å²) in [5.41, 5.74) is 0.754. The molecule has 0 saturated carbocycles. The molecule has 2 saturated heterocycles. The summed E-state index contributed by atoms with van der Waals surface area (Å²) in [6.07, 6.45) is 1.95. The van der Waals surface area contributed by atoms with Crippen LogP contribution >= 0.6 is 11.3 Å². The number of hydrogen-bond acceptors (Lipinski definition) is 5. The minimum absolute atomic E-state index is 0.0891. The fourth-order valence-corrected chi connectivity index (χ4v) is 4.65. The molecule has 8 heteroatoms. The fourth-order valence-electron chi connectivity index (χ4n) is 3.95. The molecule has 2 fully saturated rings. The molecule has 1 unspecified atom stereocenters. The van der Waals surface area contributed by atoms with Crippen LogP contribution in [-0.2, 0) is 4.74 Å². The monoisotopic (exact) mass is 398 g/mol. The summed E-state index contributed by atoms with van der Waals surface area (Å²) >= 11 is 1.52. The molecule has 0 N–H and O–H groups in total. The van der Waals surface area contributed by atoms with Crippen molar-refractivity contribution < 1.29 is 13.9 Å². The van der Waals surface area contributed by atoms with Crippen LogP contribution in [0.2, 0.25) is 0 Å². The van der Waals surface area contributed by atoms with Gasteiger partial charge >= 0.3 is 0 Å². The van der Waals surface area contributed by atoms with Crippen LogP contribution in [-0.4, -0.2) is 51.9 Å². The first kappa shape index (κ1) is 17.5. The average Bonchev–Trinajstić information content (AvgIpc) is 3.50. The van der Waals surface area contributed by atoms with E-state index >= 15 is 0 Å². The number of amides is 1. The van der Waals surface area contributed by atoms with Gasteiger partial charge in [0.25, 0.3) is 5.91 Å². The number of hydrogen-bond donors (Lipinski definition) is 0. The zero-order chi connectivity index (χ0) is 19.1. The Hall–Kier alpha value is -2.58. The van der Waals surface area contributed by atoms with Gasteiger partial charge in [-0.15, -0.1) is 16.4 Å². The number of thiophene rings is 1. The number of rotatable bonds is 3. The van der Waals surface area contributed by atoms with Crippen LogP contribution in [0.4, 0.5) is 4.39 Å². The van der Waals surface area contributed by atoms with Crippen molar-refractivity contribution in [2.75, 3.05) is 26.3 Å². The summed E-state index contributed by atoms with van der Waals surface area (Å²) in [6.45, 7) is 2.86. The van der Waals surface area contributed by atoms with Crippen LogP contribution in [0.3, 0.4) is 0 Å². The lowest BCUT2D eigenvalue weighted by Gasteiger charge is -2.21. The summed E-state index contributed by atoms with van der Waals surface area (Å²) in [5.74, 6) is 0.271. The molecule has 6 nitrogen and oxygen atoms in total. The Balaban J connectivity index is 1.49. The first-order valence-electron chi connectivity index (χ1n) is 9.28. The van der Waals surface area contributed by atoms with E-state index in [0.717, 1.165) is 24.3 Å². The van der Waals surface area contributed by atoms with Crippen molar-refractivity contribution in [1.82, 2.24) is 19.7 Å². The lowest BCUT2D eigenvalue weighted by atomic mass is 9.87. The van der Waals surface area contributed by atoms with Crippen molar-refractivity contribution in [2.45, 2.75) is 12.8 Å². The van der Waals surface area contributed by atoms with E-state index in [9.17, 15) is 9.18 Å². The zero-order valence-corrected chi connectivity index (χ0v) is 16.0. The van der Waals surface area contributed by atoms with E-state index in [1.54, 1.807) is 16.8 Å². The molecular weight excluding hydrogens is 379 g/mol. The maximum Gasteiger partial charge on any atom is 0.293 e. The Kier molecular flexibility index (Phi) is 4.25. The summed E-state index contributed by atoms with van der Waals surface area (Å²) in [6, 6.07) is 9.88. The second-order valence-electron chi connectivity index (χ2n) is 7.40. The molecule has 1 amide bonds. The molecule has 144 valence electrons. The van der Waals surface area contributed by atoms with E-state index in [4.69, 9.17) is 4.74 Å². The minimum Gasteiger partial charge on any atom is -0.381 e. The lowest BCUT2D eigenvalue weighted by Crippen LogP contribution is -2.33. The Morgan fingerprint density at radius 3 is 2.79 bits per heavy atom. The van der Waals surface area contributed by atoms with Crippen LogP contribution in [0.15, 0.2) is 41.8 Å². The van der Waals surface area contributed by atoms with Gasteiger partial charge in [0, 0.05) is 25.1 Å². The molecule has 2 aromatic heterocycles. The number of likely N-dealkylation sites (tertiary alicyclic amines) is 1. The van der Waals surface area contributed by atoms with Crippen molar-refractivity contribution in [1.29, 1.82) is 0 Å². The van der Waals surface area contributed by atoms with E-state index in [0.29, 0.717) is 31.2 Å². The van der Waals surface area contributed by atoms with Crippen LogP contribution in [0.25, 0.3) is 16.4 Å². The zero-order valence-electron chi connectivity index (χ0n) is 15.2. The molecule has 1 atom stereocenters. The van der Waals surface area contributed by atoms with Gasteiger partial charge in [-0.1, -0.05) is 6.07 Å². The SMILES string of the molecule is O=C(c1nc(-c2cccs2)n(-c2ccc(F)cc2)n1)N1CCC2(CCOC2)C1. The van der Waals surface area contributed by atoms with E-state index in [-0.39, 0.29) is 23.0 Å². The number of halogens is 1. The van der Waals surface area contributed by atoms with Gasteiger partial charge in [0.2, 0.25) is 5.82 Å². The Morgan fingerprint density at radius 1 is 1.21 bits per heavy atom. The van der Waals surface area contributed by atoms with Gasteiger partial charge in [-0.2, -0.15) is 0 Å². The van der Waals surface area contributed by atoms with Crippen LogP contribution in [0.5, 0.6) is 0 Å². The first-order chi connectivity index (χ1) is 13.6. The molecule has 2 aliphatic heterocycles. The third kappa shape index (κ3) is 3.02. The van der Waals surface area contributed by atoms with Gasteiger partial charge in [-0.25, -0.2) is 14.1 Å². The van der Waals surface area contributed by atoms with Gasteiger partial charge < -0.3 is 9.64 Å². The molecule has 2 aliphatic rings. The predicted molar refractivity (Wildman–Crippen MR) is 103 cm³/mol. The molecular formula is C20H19FN4O2S. The highest BCUT2D eigenvalue weighted by Crippen LogP contribution is 2.38. The summed E-state index contributed by atoms with van der Waals surface area (Å²) in [4.78, 5) is 20.4. The average molecular weight is 398 g/mol. The highest BCUT2D eigenvalue weighted by molar-refractivity contribution is 7.13. The molecule has 0 aliphatic carbocycles. The Bertz CT molecular complexity index is 994. The molecule has 5 rings (SSSR count). The van der Waals surface area contributed by atoms with E-state index in [1.165, 1.54) is 23.5 Å². The quantitative estimate of drug-likeness (QED) is 0.679. The molecule has 1 aromatic carbocycles. The highest BCUT2D eigenvalue weighted by Gasteiger charge is 2.43. The topological polar surface area (TPSA) is 60.2 Å². The number of aromatic nitrogens is 3.